The fourth-order valence-electron chi connectivity index (χ4n) is 2.20. The van der Waals surface area contributed by atoms with Gasteiger partial charge in [-0.25, -0.2) is 0 Å². The van der Waals surface area contributed by atoms with Crippen molar-refractivity contribution in [2.24, 2.45) is 0 Å². The maximum atomic E-state index is 2.27. The normalized spacial score (nSPS) is 12.4. The van der Waals surface area contributed by atoms with Gasteiger partial charge in [0, 0.05) is 0 Å². The van der Waals surface area contributed by atoms with Gasteiger partial charge in [0.2, 0.25) is 0 Å². The molecule has 100 valence electrons. The second-order valence-electron chi connectivity index (χ2n) is 4.64. The standard InChI is InChI=1S/C17H26S/c1-4-6-7-11-14-17(15(3)18-5-2)16-12-9-8-10-13-16/h8-10,12-13H,4-7,11,14H2,1-3H3. The Balaban J connectivity index is 2.73. The molecule has 0 heterocycles. The van der Waals surface area contributed by atoms with Gasteiger partial charge in [-0.3, -0.25) is 0 Å². The molecule has 0 atom stereocenters. The van der Waals surface area contributed by atoms with E-state index < -0.39 is 0 Å². The maximum Gasteiger partial charge on any atom is -0.00517 e. The molecule has 0 bridgehead atoms. The summed E-state index contributed by atoms with van der Waals surface area (Å²) in [4.78, 5) is 1.50. The predicted molar refractivity (Wildman–Crippen MR) is 85.9 cm³/mol. The van der Waals surface area contributed by atoms with Crippen molar-refractivity contribution < 1.29 is 0 Å². The van der Waals surface area contributed by atoms with Gasteiger partial charge >= 0.3 is 0 Å². The first-order valence-corrected chi connectivity index (χ1v) is 8.16. The summed E-state index contributed by atoms with van der Waals surface area (Å²) in [7, 11) is 0. The molecule has 0 aliphatic heterocycles. The maximum absolute atomic E-state index is 2.27. The molecular weight excluding hydrogens is 236 g/mol. The van der Waals surface area contributed by atoms with Crippen LogP contribution in [0.25, 0.3) is 5.57 Å². The summed E-state index contributed by atoms with van der Waals surface area (Å²) in [6.07, 6.45) is 6.58. The SMILES string of the molecule is CCCCCCC(=C(C)SCC)c1ccccc1. The Kier molecular flexibility index (Phi) is 7.91. The van der Waals surface area contributed by atoms with Crippen molar-refractivity contribution in [3.8, 4) is 0 Å². The molecule has 0 radical (unpaired) electrons. The summed E-state index contributed by atoms with van der Waals surface area (Å²) in [6, 6.07) is 10.9. The van der Waals surface area contributed by atoms with Crippen molar-refractivity contribution in [2.45, 2.75) is 52.9 Å². The lowest BCUT2D eigenvalue weighted by Crippen LogP contribution is -1.89. The van der Waals surface area contributed by atoms with E-state index in [-0.39, 0.29) is 0 Å². The van der Waals surface area contributed by atoms with Crippen LogP contribution < -0.4 is 0 Å². The molecule has 0 aliphatic rings. The van der Waals surface area contributed by atoms with Gasteiger partial charge in [-0.2, -0.15) is 0 Å². The van der Waals surface area contributed by atoms with E-state index in [1.54, 1.807) is 5.57 Å². The quantitative estimate of drug-likeness (QED) is 0.507. The van der Waals surface area contributed by atoms with Crippen LogP contribution in [-0.2, 0) is 0 Å². The fourth-order valence-corrected chi connectivity index (χ4v) is 3.02. The van der Waals surface area contributed by atoms with Crippen LogP contribution in [0.3, 0.4) is 0 Å². The molecule has 1 heteroatoms. The van der Waals surface area contributed by atoms with Crippen molar-refractivity contribution in [1.82, 2.24) is 0 Å². The van der Waals surface area contributed by atoms with E-state index in [2.05, 4.69) is 51.1 Å². The number of hydrogen-bond acceptors (Lipinski definition) is 1. The van der Waals surface area contributed by atoms with E-state index in [1.807, 2.05) is 11.8 Å². The topological polar surface area (TPSA) is 0 Å². The second-order valence-corrected chi connectivity index (χ2v) is 6.12. The largest absolute Gasteiger partial charge is 0.131 e. The second kappa shape index (κ2) is 9.27. The van der Waals surface area contributed by atoms with E-state index >= 15 is 0 Å². The van der Waals surface area contributed by atoms with E-state index in [9.17, 15) is 0 Å². The van der Waals surface area contributed by atoms with Gasteiger partial charge in [-0.1, -0.05) is 63.4 Å². The Morgan fingerprint density at radius 2 is 1.72 bits per heavy atom. The molecule has 18 heavy (non-hydrogen) atoms. The molecule has 0 amide bonds. The minimum atomic E-state index is 1.16. The molecule has 0 N–H and O–H groups in total. The van der Waals surface area contributed by atoms with Crippen LogP contribution in [0.2, 0.25) is 0 Å². The number of benzene rings is 1. The smallest absolute Gasteiger partial charge is 0.00517 e. The minimum absolute atomic E-state index is 1.16. The third-order valence-electron chi connectivity index (χ3n) is 3.19. The molecule has 1 rings (SSSR count). The number of unbranched alkanes of at least 4 members (excludes halogenated alkanes) is 3. The highest BCUT2D eigenvalue weighted by molar-refractivity contribution is 8.03. The van der Waals surface area contributed by atoms with Crippen molar-refractivity contribution in [1.29, 1.82) is 0 Å². The minimum Gasteiger partial charge on any atom is -0.131 e. The van der Waals surface area contributed by atoms with Crippen LogP contribution in [0.1, 0.15) is 58.4 Å². The molecule has 0 saturated heterocycles. The first-order chi connectivity index (χ1) is 8.79. The molecule has 0 saturated carbocycles. The number of allylic oxidation sites excluding steroid dienone is 2. The Morgan fingerprint density at radius 3 is 2.33 bits per heavy atom. The van der Waals surface area contributed by atoms with Crippen molar-refractivity contribution in [3.05, 3.63) is 40.8 Å². The zero-order valence-electron chi connectivity index (χ0n) is 12.0. The van der Waals surface area contributed by atoms with Crippen LogP contribution in [0.15, 0.2) is 35.2 Å². The Morgan fingerprint density at radius 1 is 1.00 bits per heavy atom. The molecule has 1 aromatic rings. The molecule has 0 nitrogen and oxygen atoms in total. The van der Waals surface area contributed by atoms with E-state index in [0.29, 0.717) is 0 Å². The lowest BCUT2D eigenvalue weighted by atomic mass is 9.99. The van der Waals surface area contributed by atoms with Gasteiger partial charge in [0.15, 0.2) is 0 Å². The molecule has 0 spiro atoms. The van der Waals surface area contributed by atoms with Crippen molar-refractivity contribution in [2.75, 3.05) is 5.75 Å². The van der Waals surface area contributed by atoms with Gasteiger partial charge in [-0.15, -0.1) is 11.8 Å². The molecule has 0 unspecified atom stereocenters. The lowest BCUT2D eigenvalue weighted by Gasteiger charge is -2.12. The summed E-state index contributed by atoms with van der Waals surface area (Å²) in [5.74, 6) is 1.16. The highest BCUT2D eigenvalue weighted by atomic mass is 32.2. The average Bonchev–Trinajstić information content (AvgIpc) is 2.40. The monoisotopic (exact) mass is 262 g/mol. The van der Waals surface area contributed by atoms with E-state index in [4.69, 9.17) is 0 Å². The van der Waals surface area contributed by atoms with Crippen molar-refractivity contribution >= 4 is 17.3 Å². The van der Waals surface area contributed by atoms with Crippen LogP contribution >= 0.6 is 11.8 Å². The molecule has 0 aliphatic carbocycles. The average molecular weight is 262 g/mol. The number of rotatable bonds is 8. The zero-order chi connectivity index (χ0) is 13.2. The number of hydrogen-bond donors (Lipinski definition) is 0. The Labute approximate surface area is 117 Å². The number of thioether (sulfide) groups is 1. The molecule has 0 aromatic heterocycles. The fraction of sp³-hybridized carbons (Fsp3) is 0.529. The van der Waals surface area contributed by atoms with Crippen LogP contribution in [0, 0.1) is 0 Å². The highest BCUT2D eigenvalue weighted by Crippen LogP contribution is 2.30. The van der Waals surface area contributed by atoms with E-state index in [0.717, 1.165) is 5.75 Å². The summed E-state index contributed by atoms with van der Waals surface area (Å²) in [5, 5.41) is 0. The third kappa shape index (κ3) is 5.30. The highest BCUT2D eigenvalue weighted by Gasteiger charge is 2.05. The van der Waals surface area contributed by atoms with Gasteiger partial charge < -0.3 is 0 Å². The van der Waals surface area contributed by atoms with Crippen LogP contribution in [0.5, 0.6) is 0 Å². The summed E-state index contributed by atoms with van der Waals surface area (Å²) >= 11 is 1.98. The Bertz CT molecular complexity index is 351. The zero-order valence-corrected chi connectivity index (χ0v) is 12.9. The first kappa shape index (κ1) is 15.4. The van der Waals surface area contributed by atoms with Crippen LogP contribution in [0.4, 0.5) is 0 Å². The molecule has 1 aromatic carbocycles. The van der Waals surface area contributed by atoms with Gasteiger partial charge in [0.05, 0.1) is 0 Å². The van der Waals surface area contributed by atoms with Crippen molar-refractivity contribution in [3.63, 3.8) is 0 Å². The van der Waals surface area contributed by atoms with Crippen LogP contribution in [-0.4, -0.2) is 5.75 Å². The summed E-state index contributed by atoms with van der Waals surface area (Å²) in [6.45, 7) is 6.77. The Hall–Kier alpha value is -0.690. The molecular formula is C17H26S. The summed E-state index contributed by atoms with van der Waals surface area (Å²) < 4.78 is 0. The first-order valence-electron chi connectivity index (χ1n) is 7.17. The van der Waals surface area contributed by atoms with E-state index in [1.165, 1.54) is 42.6 Å². The predicted octanol–water partition coefficient (Wildman–Crippen LogP) is 6.14. The third-order valence-corrected chi connectivity index (χ3v) is 4.16. The molecule has 0 fully saturated rings. The van der Waals surface area contributed by atoms with Gasteiger partial charge in [0.1, 0.15) is 0 Å². The lowest BCUT2D eigenvalue weighted by molar-refractivity contribution is 0.678. The summed E-state index contributed by atoms with van der Waals surface area (Å²) in [5.41, 5.74) is 2.96. The van der Waals surface area contributed by atoms with Gasteiger partial charge in [0.25, 0.3) is 0 Å². The van der Waals surface area contributed by atoms with Gasteiger partial charge in [-0.05, 0) is 41.6 Å².